The number of nitrogens with one attached hydrogen (secondary N) is 2. The molecule has 2 aliphatic carbocycles. The summed E-state index contributed by atoms with van der Waals surface area (Å²) in [6.45, 7) is 7.46. The Morgan fingerprint density at radius 3 is 2.14 bits per heavy atom. The minimum atomic E-state index is -1.36. The molecule has 8 nitrogen and oxygen atoms in total. The van der Waals surface area contributed by atoms with Crippen molar-refractivity contribution in [1.82, 2.24) is 10.6 Å². The molecule has 0 spiro atoms. The lowest BCUT2D eigenvalue weighted by atomic mass is 9.53. The molecular formula is C27H32N2O6. The maximum Gasteiger partial charge on any atom is 0.408 e. The first-order valence-corrected chi connectivity index (χ1v) is 11.9. The van der Waals surface area contributed by atoms with Crippen molar-refractivity contribution in [1.29, 1.82) is 0 Å². The number of ether oxygens (including phenoxy) is 2. The quantitative estimate of drug-likeness (QED) is 0.531. The molecule has 2 aliphatic rings. The highest BCUT2D eigenvalue weighted by atomic mass is 16.5. The molecule has 2 aromatic rings. The number of carboxylic acid groups (broad SMARTS) is 1. The van der Waals surface area contributed by atoms with Crippen LogP contribution in [0.1, 0.15) is 51.2 Å². The molecule has 0 saturated heterocycles. The van der Waals surface area contributed by atoms with E-state index in [0.717, 1.165) is 22.3 Å². The monoisotopic (exact) mass is 480 g/mol. The van der Waals surface area contributed by atoms with Crippen LogP contribution in [0.5, 0.6) is 0 Å². The summed E-state index contributed by atoms with van der Waals surface area (Å²) in [5.41, 5.74) is 2.27. The average Bonchev–Trinajstić information content (AvgIpc) is 3.15. The van der Waals surface area contributed by atoms with E-state index >= 15 is 0 Å². The molecule has 1 fully saturated rings. The van der Waals surface area contributed by atoms with E-state index in [-0.39, 0.29) is 25.0 Å². The molecule has 35 heavy (non-hydrogen) atoms. The average molecular weight is 481 g/mol. The lowest BCUT2D eigenvalue weighted by molar-refractivity contribution is -0.178. The molecule has 3 atom stereocenters. The molecule has 1 saturated carbocycles. The Morgan fingerprint density at radius 2 is 1.63 bits per heavy atom. The molecule has 2 unspecified atom stereocenters. The number of carbonyl (C=O) groups excluding carboxylic acids is 2. The predicted molar refractivity (Wildman–Crippen MR) is 130 cm³/mol. The normalized spacial score (nSPS) is 22.8. The van der Waals surface area contributed by atoms with Crippen LogP contribution in [-0.4, -0.2) is 54.0 Å². The van der Waals surface area contributed by atoms with Crippen molar-refractivity contribution < 1.29 is 29.0 Å². The first-order valence-electron chi connectivity index (χ1n) is 11.9. The van der Waals surface area contributed by atoms with Gasteiger partial charge in [0.05, 0.1) is 6.10 Å². The predicted octanol–water partition coefficient (Wildman–Crippen LogP) is 3.69. The van der Waals surface area contributed by atoms with Crippen molar-refractivity contribution in [3.8, 4) is 11.1 Å². The van der Waals surface area contributed by atoms with Crippen molar-refractivity contribution >= 4 is 18.0 Å². The van der Waals surface area contributed by atoms with Crippen LogP contribution in [0.4, 0.5) is 4.79 Å². The number of aliphatic carboxylic acids is 1. The van der Waals surface area contributed by atoms with Gasteiger partial charge in [0.2, 0.25) is 5.91 Å². The fourth-order valence-electron chi connectivity index (χ4n) is 5.25. The number of carbonyl (C=O) groups is 3. The highest BCUT2D eigenvalue weighted by molar-refractivity contribution is 5.95. The van der Waals surface area contributed by atoms with Crippen molar-refractivity contribution in [2.75, 3.05) is 13.2 Å². The van der Waals surface area contributed by atoms with Gasteiger partial charge in [-0.25, -0.2) is 4.79 Å². The van der Waals surface area contributed by atoms with E-state index in [1.165, 1.54) is 6.92 Å². The molecule has 0 bridgehead atoms. The minimum absolute atomic E-state index is 0.110. The zero-order chi connectivity index (χ0) is 25.4. The molecule has 186 valence electrons. The van der Waals surface area contributed by atoms with Gasteiger partial charge in [-0.05, 0) is 36.1 Å². The van der Waals surface area contributed by atoms with Crippen molar-refractivity contribution in [2.45, 2.75) is 57.7 Å². The van der Waals surface area contributed by atoms with Gasteiger partial charge < -0.3 is 25.2 Å². The zero-order valence-electron chi connectivity index (χ0n) is 20.5. The van der Waals surface area contributed by atoms with Crippen molar-refractivity contribution in [2.24, 2.45) is 5.41 Å². The number of fused-ring (bicyclic) bond motifs is 3. The SMILES string of the molecule is CCOC1CC(NC(=O)OCC2c3ccccc3-c3ccccc32)(C(=O)N[C@H](C)C(=O)O)C1(C)C. The Hall–Kier alpha value is -3.39. The third-order valence-electron chi connectivity index (χ3n) is 7.53. The Labute approximate surface area is 205 Å². The maximum absolute atomic E-state index is 13.3. The third-order valence-corrected chi connectivity index (χ3v) is 7.53. The number of carboxylic acids is 1. The summed E-state index contributed by atoms with van der Waals surface area (Å²) in [6.07, 6.45) is -0.781. The van der Waals surface area contributed by atoms with Gasteiger partial charge in [-0.1, -0.05) is 62.4 Å². The molecular weight excluding hydrogens is 448 g/mol. The molecule has 8 heteroatoms. The minimum Gasteiger partial charge on any atom is -0.480 e. The van der Waals surface area contributed by atoms with Gasteiger partial charge in [0.1, 0.15) is 18.2 Å². The van der Waals surface area contributed by atoms with Crippen LogP contribution in [0.25, 0.3) is 11.1 Å². The summed E-state index contributed by atoms with van der Waals surface area (Å²) in [5, 5.41) is 14.5. The van der Waals surface area contributed by atoms with E-state index in [1.54, 1.807) is 0 Å². The molecule has 4 rings (SSSR count). The van der Waals surface area contributed by atoms with Crippen LogP contribution >= 0.6 is 0 Å². The highest BCUT2D eigenvalue weighted by Gasteiger charge is 2.66. The molecule has 2 amide bonds. The molecule has 0 aromatic heterocycles. The lowest BCUT2D eigenvalue weighted by Gasteiger charge is -2.59. The number of benzene rings is 2. The standard InChI is InChI=1S/C27H32N2O6/c1-5-34-22-14-27(26(22,3)4,24(32)28-16(2)23(30)31)29-25(33)35-15-21-19-12-8-6-10-17(19)18-11-7-9-13-20(18)21/h6-13,16,21-22H,5,14-15H2,1-4H3,(H,28,32)(H,29,33)(H,30,31)/t16-,22?,27?/m1/s1. The van der Waals surface area contributed by atoms with E-state index < -0.39 is 35.0 Å². The van der Waals surface area contributed by atoms with E-state index in [2.05, 4.69) is 22.8 Å². The molecule has 0 heterocycles. The summed E-state index contributed by atoms with van der Waals surface area (Å²) in [5.74, 6) is -1.84. The molecule has 3 N–H and O–H groups in total. The van der Waals surface area contributed by atoms with Gasteiger partial charge >= 0.3 is 12.1 Å². The van der Waals surface area contributed by atoms with Gasteiger partial charge in [-0.2, -0.15) is 0 Å². The topological polar surface area (TPSA) is 114 Å². The van der Waals surface area contributed by atoms with Gasteiger partial charge in [-0.15, -0.1) is 0 Å². The maximum atomic E-state index is 13.3. The van der Waals surface area contributed by atoms with Crippen LogP contribution < -0.4 is 10.6 Å². The fraction of sp³-hybridized carbons (Fsp3) is 0.444. The van der Waals surface area contributed by atoms with Crippen LogP contribution in [0, 0.1) is 5.41 Å². The van der Waals surface area contributed by atoms with Crippen molar-refractivity contribution in [3.63, 3.8) is 0 Å². The first kappa shape index (κ1) is 24.7. The number of hydrogen-bond donors (Lipinski definition) is 3. The first-order chi connectivity index (χ1) is 16.6. The van der Waals surface area contributed by atoms with Gasteiger partial charge in [0.15, 0.2) is 0 Å². The van der Waals surface area contributed by atoms with Crippen LogP contribution in [-0.2, 0) is 19.1 Å². The van der Waals surface area contributed by atoms with Crippen LogP contribution in [0.3, 0.4) is 0 Å². The Bertz CT molecular complexity index is 1100. The van der Waals surface area contributed by atoms with Gasteiger partial charge in [0.25, 0.3) is 0 Å². The summed E-state index contributed by atoms with van der Waals surface area (Å²) in [6, 6.07) is 15.0. The second kappa shape index (κ2) is 9.34. The summed E-state index contributed by atoms with van der Waals surface area (Å²) in [7, 11) is 0. The Balaban J connectivity index is 1.51. The molecule has 0 radical (unpaired) electrons. The largest absolute Gasteiger partial charge is 0.480 e. The van der Waals surface area contributed by atoms with E-state index in [4.69, 9.17) is 9.47 Å². The second-order valence-electron chi connectivity index (χ2n) is 9.76. The zero-order valence-corrected chi connectivity index (χ0v) is 20.5. The van der Waals surface area contributed by atoms with Crippen molar-refractivity contribution in [3.05, 3.63) is 59.7 Å². The van der Waals surface area contributed by atoms with Gasteiger partial charge in [0, 0.05) is 24.4 Å². The highest BCUT2D eigenvalue weighted by Crippen LogP contribution is 2.52. The van der Waals surface area contributed by atoms with E-state index in [9.17, 15) is 19.5 Å². The summed E-state index contributed by atoms with van der Waals surface area (Å²) in [4.78, 5) is 37.6. The van der Waals surface area contributed by atoms with Crippen LogP contribution in [0.15, 0.2) is 48.5 Å². The number of alkyl carbamates (subject to hydrolysis) is 1. The Morgan fingerprint density at radius 1 is 1.06 bits per heavy atom. The van der Waals surface area contributed by atoms with Crippen LogP contribution in [0.2, 0.25) is 0 Å². The fourth-order valence-corrected chi connectivity index (χ4v) is 5.25. The Kier molecular flexibility index (Phi) is 6.60. The second-order valence-corrected chi connectivity index (χ2v) is 9.76. The summed E-state index contributed by atoms with van der Waals surface area (Å²) >= 11 is 0. The number of amides is 2. The lowest BCUT2D eigenvalue weighted by Crippen LogP contribution is -2.78. The van der Waals surface area contributed by atoms with Gasteiger partial charge in [-0.3, -0.25) is 9.59 Å². The molecule has 0 aliphatic heterocycles. The smallest absolute Gasteiger partial charge is 0.408 e. The molecule has 2 aromatic carbocycles. The number of rotatable bonds is 8. The van der Waals surface area contributed by atoms with E-state index in [1.807, 2.05) is 57.2 Å². The third kappa shape index (κ3) is 4.16. The summed E-state index contributed by atoms with van der Waals surface area (Å²) < 4.78 is 11.4. The number of hydrogen-bond acceptors (Lipinski definition) is 5. The van der Waals surface area contributed by atoms with E-state index in [0.29, 0.717) is 6.61 Å².